The van der Waals surface area contributed by atoms with Gasteiger partial charge >= 0.3 is 12.5 Å². The number of ether oxygens (including phenoxy) is 2. The van der Waals surface area contributed by atoms with Crippen molar-refractivity contribution in [1.29, 1.82) is 0 Å². The Balaban J connectivity index is 1.15. The lowest BCUT2D eigenvalue weighted by atomic mass is 9.72. The molecule has 11 heteroatoms. The number of nitrogens with zero attached hydrogens (tertiary/aromatic N) is 4. The van der Waals surface area contributed by atoms with Crippen LogP contribution < -0.4 is 4.74 Å². The summed E-state index contributed by atoms with van der Waals surface area (Å²) < 4.78 is 45.8. The van der Waals surface area contributed by atoms with E-state index in [1.807, 2.05) is 11.0 Å². The molecule has 1 aromatic rings. The molecule has 0 unspecified atom stereocenters. The van der Waals surface area contributed by atoms with Gasteiger partial charge in [0.2, 0.25) is 5.91 Å². The van der Waals surface area contributed by atoms with Crippen molar-refractivity contribution in [2.45, 2.75) is 38.7 Å². The molecule has 0 bridgehead atoms. The Morgan fingerprint density at radius 2 is 1.76 bits per heavy atom. The van der Waals surface area contributed by atoms with Crippen LogP contribution in [-0.4, -0.2) is 60.9 Å². The van der Waals surface area contributed by atoms with E-state index in [0.29, 0.717) is 51.1 Å². The van der Waals surface area contributed by atoms with Crippen LogP contribution in [0.2, 0.25) is 0 Å². The molecule has 178 valence electrons. The van der Waals surface area contributed by atoms with E-state index in [4.69, 9.17) is 4.74 Å². The average molecular weight is 466 g/mol. The van der Waals surface area contributed by atoms with Crippen molar-refractivity contribution in [2.75, 3.05) is 32.7 Å². The van der Waals surface area contributed by atoms with E-state index in [-0.39, 0.29) is 23.7 Å². The summed E-state index contributed by atoms with van der Waals surface area (Å²) in [6.07, 6.45) is -0.622. The van der Waals surface area contributed by atoms with Crippen LogP contribution in [0.25, 0.3) is 0 Å². The summed E-state index contributed by atoms with van der Waals surface area (Å²) in [6.45, 7) is 3.08. The van der Waals surface area contributed by atoms with E-state index in [1.54, 1.807) is 4.90 Å². The molecule has 1 spiro atoms. The molecule has 3 aliphatic heterocycles. The van der Waals surface area contributed by atoms with Gasteiger partial charge in [-0.3, -0.25) is 4.79 Å². The van der Waals surface area contributed by atoms with Crippen LogP contribution in [0, 0.1) is 5.41 Å². The Bertz CT molecular complexity index is 930. The molecule has 3 heterocycles. The van der Waals surface area contributed by atoms with Crippen molar-refractivity contribution in [2.24, 2.45) is 15.6 Å². The van der Waals surface area contributed by atoms with Crippen LogP contribution in [0.15, 0.2) is 46.3 Å². The van der Waals surface area contributed by atoms with Gasteiger partial charge in [-0.1, -0.05) is 12.1 Å². The lowest BCUT2D eigenvalue weighted by Crippen LogP contribution is -2.62. The number of rotatable bonds is 6. The number of halogens is 3. The zero-order valence-electron chi connectivity index (χ0n) is 18.0. The zero-order chi connectivity index (χ0) is 23.5. The second-order valence-corrected chi connectivity index (χ2v) is 8.60. The third kappa shape index (κ3) is 6.02. The molecule has 0 atom stereocenters. The first kappa shape index (κ1) is 23.1. The van der Waals surface area contributed by atoms with Gasteiger partial charge in [0.05, 0.1) is 12.2 Å². The maximum Gasteiger partial charge on any atom is 0.573 e. The standard InChI is InChI=1S/C22H25F3N4O4/c23-22(24,25)33-18-4-1-16(2-5-18)13-32-20(31)28-11-8-21(9-12-28)14-29(15-21)19(30)6-3-17-7-10-26-27-17/h1-2,4-5,7H,3,6,8-15H2. The topological polar surface area (TPSA) is 83.8 Å². The van der Waals surface area contributed by atoms with Crippen molar-refractivity contribution >= 4 is 12.0 Å². The Morgan fingerprint density at radius 3 is 2.36 bits per heavy atom. The number of hydrogen-bond donors (Lipinski definition) is 0. The first-order valence-corrected chi connectivity index (χ1v) is 10.8. The van der Waals surface area contributed by atoms with Crippen LogP contribution in [0.1, 0.15) is 31.2 Å². The summed E-state index contributed by atoms with van der Waals surface area (Å²) in [5, 5.41) is 7.87. The molecule has 1 aromatic carbocycles. The molecule has 0 N–H and O–H groups in total. The summed E-state index contributed by atoms with van der Waals surface area (Å²) in [7, 11) is 0. The highest BCUT2D eigenvalue weighted by atomic mass is 19.4. The maximum atomic E-state index is 12.4. The number of likely N-dealkylation sites (tertiary alicyclic amines) is 2. The van der Waals surface area contributed by atoms with Crippen molar-refractivity contribution in [3.8, 4) is 5.75 Å². The van der Waals surface area contributed by atoms with Gasteiger partial charge in [0.25, 0.3) is 0 Å². The number of amides is 2. The van der Waals surface area contributed by atoms with Crippen LogP contribution in [0.5, 0.6) is 5.75 Å². The van der Waals surface area contributed by atoms with E-state index in [9.17, 15) is 22.8 Å². The van der Waals surface area contributed by atoms with Gasteiger partial charge < -0.3 is 19.3 Å². The second kappa shape index (κ2) is 9.40. The van der Waals surface area contributed by atoms with Crippen molar-refractivity contribution in [3.05, 3.63) is 41.6 Å². The highest BCUT2D eigenvalue weighted by molar-refractivity contribution is 5.77. The fourth-order valence-electron chi connectivity index (χ4n) is 4.31. The van der Waals surface area contributed by atoms with E-state index in [2.05, 4.69) is 15.0 Å². The van der Waals surface area contributed by atoms with E-state index >= 15 is 0 Å². The zero-order valence-corrected chi connectivity index (χ0v) is 18.0. The van der Waals surface area contributed by atoms with E-state index in [0.717, 1.165) is 18.5 Å². The van der Waals surface area contributed by atoms with Gasteiger partial charge in [-0.05, 0) is 43.0 Å². The number of allylic oxidation sites excluding steroid dienone is 1. The SMILES string of the molecule is O=C(CCC1=CCN=N1)N1CC2(CCN(C(=O)OCc3ccc(OC(F)(F)F)cc3)CC2)C1. The lowest BCUT2D eigenvalue weighted by molar-refractivity contribution is -0.274. The molecule has 2 saturated heterocycles. The van der Waals surface area contributed by atoms with Gasteiger partial charge in [0, 0.05) is 38.0 Å². The number of carbonyl (C=O) groups excluding carboxylic acids is 2. The largest absolute Gasteiger partial charge is 0.573 e. The predicted octanol–water partition coefficient (Wildman–Crippen LogP) is 4.28. The number of azo groups is 1. The molecular formula is C22H25F3N4O4. The maximum absolute atomic E-state index is 12.4. The number of benzene rings is 1. The molecule has 0 radical (unpaired) electrons. The first-order chi connectivity index (χ1) is 15.7. The minimum Gasteiger partial charge on any atom is -0.445 e. The van der Waals surface area contributed by atoms with Gasteiger partial charge in [-0.25, -0.2) is 4.79 Å². The summed E-state index contributed by atoms with van der Waals surface area (Å²) in [5.74, 6) is -0.204. The van der Waals surface area contributed by atoms with Crippen LogP contribution >= 0.6 is 0 Å². The molecule has 0 aliphatic carbocycles. The smallest absolute Gasteiger partial charge is 0.445 e. The molecule has 4 rings (SSSR count). The molecule has 0 saturated carbocycles. The van der Waals surface area contributed by atoms with E-state index in [1.165, 1.54) is 24.3 Å². The van der Waals surface area contributed by atoms with Crippen molar-refractivity contribution in [3.63, 3.8) is 0 Å². The van der Waals surface area contributed by atoms with Gasteiger partial charge in [0.1, 0.15) is 12.4 Å². The van der Waals surface area contributed by atoms with Gasteiger partial charge in [0.15, 0.2) is 0 Å². The fourth-order valence-corrected chi connectivity index (χ4v) is 4.31. The minimum atomic E-state index is -4.75. The number of piperidine rings is 1. The summed E-state index contributed by atoms with van der Waals surface area (Å²) in [5.41, 5.74) is 1.50. The highest BCUT2D eigenvalue weighted by Crippen LogP contribution is 2.41. The third-order valence-corrected chi connectivity index (χ3v) is 6.21. The lowest BCUT2D eigenvalue weighted by Gasteiger charge is -2.53. The van der Waals surface area contributed by atoms with Crippen LogP contribution in [0.4, 0.5) is 18.0 Å². The molecule has 33 heavy (non-hydrogen) atoms. The molecule has 2 fully saturated rings. The molecule has 8 nitrogen and oxygen atoms in total. The average Bonchev–Trinajstić information content (AvgIpc) is 3.28. The molecule has 0 aromatic heterocycles. The summed E-state index contributed by atoms with van der Waals surface area (Å²) in [4.78, 5) is 28.2. The third-order valence-electron chi connectivity index (χ3n) is 6.21. The Kier molecular flexibility index (Phi) is 6.57. The summed E-state index contributed by atoms with van der Waals surface area (Å²) in [6, 6.07) is 5.21. The minimum absolute atomic E-state index is 0.0367. The number of alkyl halides is 3. The number of hydrogen-bond acceptors (Lipinski definition) is 6. The normalized spacial score (nSPS) is 19.3. The van der Waals surface area contributed by atoms with Gasteiger partial charge in [-0.15, -0.1) is 13.2 Å². The van der Waals surface area contributed by atoms with Crippen molar-refractivity contribution < 1.29 is 32.2 Å². The molecular weight excluding hydrogens is 441 g/mol. The second-order valence-electron chi connectivity index (χ2n) is 8.60. The Morgan fingerprint density at radius 1 is 1.06 bits per heavy atom. The molecule has 3 aliphatic rings. The fraction of sp³-hybridized carbons (Fsp3) is 0.545. The quantitative estimate of drug-likeness (QED) is 0.627. The van der Waals surface area contributed by atoms with Crippen molar-refractivity contribution in [1.82, 2.24) is 9.80 Å². The molecule has 2 amide bonds. The summed E-state index contributed by atoms with van der Waals surface area (Å²) >= 11 is 0. The van der Waals surface area contributed by atoms with E-state index < -0.39 is 12.5 Å². The highest BCUT2D eigenvalue weighted by Gasteiger charge is 2.47. The first-order valence-electron chi connectivity index (χ1n) is 10.8. The van der Waals surface area contributed by atoms with Crippen LogP contribution in [0.3, 0.4) is 0 Å². The Labute approximate surface area is 189 Å². The Hall–Kier alpha value is -3.11. The van der Waals surface area contributed by atoms with Gasteiger partial charge in [-0.2, -0.15) is 10.2 Å². The van der Waals surface area contributed by atoms with Crippen LogP contribution in [-0.2, 0) is 16.1 Å². The number of carbonyl (C=O) groups is 2. The monoisotopic (exact) mass is 466 g/mol. The predicted molar refractivity (Wildman–Crippen MR) is 110 cm³/mol.